The lowest BCUT2D eigenvalue weighted by Gasteiger charge is -1.80. The molecule has 1 aromatic rings. The van der Waals surface area contributed by atoms with Crippen molar-refractivity contribution < 1.29 is 0 Å². The average Bonchev–Trinajstić information content (AvgIpc) is 1.98. The first kappa shape index (κ1) is 5.63. The van der Waals surface area contributed by atoms with Crippen LogP contribution in [0.4, 0.5) is 0 Å². The second-order valence-electron chi connectivity index (χ2n) is 1.60. The zero-order valence-electron chi connectivity index (χ0n) is 4.53. The molecule has 0 amide bonds. The van der Waals surface area contributed by atoms with Gasteiger partial charge in [-0.15, -0.1) is 0 Å². The van der Waals surface area contributed by atoms with Crippen molar-refractivity contribution in [1.82, 2.24) is 10.2 Å². The molecule has 0 saturated carbocycles. The van der Waals surface area contributed by atoms with Gasteiger partial charge in [0.2, 0.25) is 0 Å². The maximum absolute atomic E-state index is 5.64. The van der Waals surface area contributed by atoms with Gasteiger partial charge in [0.25, 0.3) is 0 Å². The Morgan fingerprint density at radius 3 is 2.50 bits per heavy atom. The van der Waals surface area contributed by atoms with E-state index in [0.29, 0.717) is 10.7 Å². The van der Waals surface area contributed by atoms with Crippen molar-refractivity contribution in [3.63, 3.8) is 0 Å². The molecule has 0 spiro atoms. The molecule has 0 aliphatic carbocycles. The first-order chi connectivity index (χ1) is 3.72. The number of aromatic amines is 1. The molecule has 0 aliphatic rings. The van der Waals surface area contributed by atoms with Crippen LogP contribution in [0.1, 0.15) is 11.4 Å². The van der Waals surface area contributed by atoms with Crippen molar-refractivity contribution >= 4 is 11.6 Å². The summed E-state index contributed by atoms with van der Waals surface area (Å²) in [4.78, 5) is 0. The molecule has 0 unspecified atom stereocenters. The van der Waals surface area contributed by atoms with E-state index in [0.717, 1.165) is 5.69 Å². The van der Waals surface area contributed by atoms with Crippen LogP contribution >= 0.6 is 11.6 Å². The predicted octanol–water partition coefficient (Wildman–Crippen LogP) is 1.55. The zero-order chi connectivity index (χ0) is 6.15. The molecule has 0 fully saturated rings. The van der Waals surface area contributed by atoms with Gasteiger partial charge in [0.15, 0.2) is 0 Å². The van der Waals surface area contributed by atoms with Gasteiger partial charge in [-0.25, -0.2) is 0 Å². The number of aryl methyl sites for hydroxylation is 1. The van der Waals surface area contributed by atoms with E-state index < -0.39 is 0 Å². The smallest absolute Gasteiger partial charge is 0.0844 e. The summed E-state index contributed by atoms with van der Waals surface area (Å²) in [6.07, 6.45) is 0. The van der Waals surface area contributed by atoms with Crippen LogP contribution in [0.2, 0.25) is 5.02 Å². The maximum Gasteiger partial charge on any atom is 0.0844 e. The average molecular weight is 130 g/mol. The Morgan fingerprint density at radius 1 is 1.75 bits per heavy atom. The molecule has 8 heavy (non-hydrogen) atoms. The third-order valence-corrected chi connectivity index (χ3v) is 1.44. The van der Waals surface area contributed by atoms with E-state index in [1.165, 1.54) is 0 Å². The van der Waals surface area contributed by atoms with Gasteiger partial charge in [0, 0.05) is 0 Å². The van der Waals surface area contributed by atoms with Gasteiger partial charge in [-0.1, -0.05) is 11.6 Å². The topological polar surface area (TPSA) is 28.7 Å². The third-order valence-electron chi connectivity index (χ3n) is 0.941. The molecule has 0 aliphatic heterocycles. The first-order valence-electron chi connectivity index (χ1n) is 2.24. The quantitative estimate of drug-likeness (QED) is 0.566. The number of halogens is 1. The Labute approximate surface area is 52.9 Å². The second kappa shape index (κ2) is 1.78. The number of hydrogen-bond acceptors (Lipinski definition) is 1. The van der Waals surface area contributed by atoms with Gasteiger partial charge in [-0.05, 0) is 13.8 Å². The van der Waals surface area contributed by atoms with Crippen LogP contribution < -0.4 is 0 Å². The lowest BCUT2D eigenvalue weighted by Crippen LogP contribution is -1.68. The molecule has 0 bridgehead atoms. The van der Waals surface area contributed by atoms with Gasteiger partial charge in [0.05, 0.1) is 16.4 Å². The molecular formula is C5H6ClN2. The van der Waals surface area contributed by atoms with Crippen LogP contribution in [0.5, 0.6) is 0 Å². The van der Waals surface area contributed by atoms with Crippen LogP contribution in [-0.2, 0) is 0 Å². The van der Waals surface area contributed by atoms with E-state index in [9.17, 15) is 0 Å². The van der Waals surface area contributed by atoms with E-state index in [1.807, 2.05) is 6.92 Å². The van der Waals surface area contributed by atoms with Crippen LogP contribution in [0.25, 0.3) is 0 Å². The minimum absolute atomic E-state index is 0.630. The Morgan fingerprint density at radius 2 is 2.38 bits per heavy atom. The fourth-order valence-electron chi connectivity index (χ4n) is 0.468. The van der Waals surface area contributed by atoms with Crippen molar-refractivity contribution in [2.75, 3.05) is 0 Å². The number of nitrogens with zero attached hydrogens (tertiary/aromatic N) is 1. The largest absolute Gasteiger partial charge is 0.281 e. The van der Waals surface area contributed by atoms with Crippen molar-refractivity contribution in [2.24, 2.45) is 0 Å². The molecule has 1 radical (unpaired) electrons. The van der Waals surface area contributed by atoms with Gasteiger partial charge < -0.3 is 0 Å². The molecule has 0 atom stereocenters. The molecule has 3 heteroatoms. The van der Waals surface area contributed by atoms with Crippen molar-refractivity contribution in [1.29, 1.82) is 0 Å². The number of hydrogen-bond donors (Lipinski definition) is 1. The fourth-order valence-corrected chi connectivity index (χ4v) is 0.552. The Balaban J connectivity index is 3.19. The standard InChI is InChI=1S/C5H6ClN2/c1-3-5(6)4(2)8-7-3/h1H2,2H3,(H,7,8). The number of H-pyrrole nitrogens is 1. The number of aromatic nitrogens is 2. The summed E-state index contributed by atoms with van der Waals surface area (Å²) in [7, 11) is 0. The van der Waals surface area contributed by atoms with Crippen LogP contribution in [0.15, 0.2) is 0 Å². The number of rotatable bonds is 0. The molecular weight excluding hydrogens is 124 g/mol. The molecule has 1 N–H and O–H groups in total. The summed E-state index contributed by atoms with van der Waals surface area (Å²) in [6, 6.07) is 0. The Bertz CT molecular complexity index is 173. The third kappa shape index (κ3) is 0.713. The van der Waals surface area contributed by atoms with Crippen molar-refractivity contribution in [2.45, 2.75) is 6.92 Å². The van der Waals surface area contributed by atoms with Gasteiger partial charge in [-0.3, -0.25) is 5.10 Å². The SMILES string of the molecule is [CH2]c1[nH]nc(C)c1Cl. The highest BCUT2D eigenvalue weighted by Crippen LogP contribution is 2.14. The van der Waals surface area contributed by atoms with E-state index in [-0.39, 0.29) is 0 Å². The summed E-state index contributed by atoms with van der Waals surface area (Å²) in [5.74, 6) is 0. The number of nitrogens with one attached hydrogen (secondary N) is 1. The molecule has 2 nitrogen and oxygen atoms in total. The zero-order valence-corrected chi connectivity index (χ0v) is 5.29. The van der Waals surface area contributed by atoms with Crippen LogP contribution in [0.3, 0.4) is 0 Å². The monoisotopic (exact) mass is 129 g/mol. The Kier molecular flexibility index (Phi) is 1.26. The summed E-state index contributed by atoms with van der Waals surface area (Å²) in [5.41, 5.74) is 1.49. The van der Waals surface area contributed by atoms with Gasteiger partial charge >= 0.3 is 0 Å². The summed E-state index contributed by atoms with van der Waals surface area (Å²) >= 11 is 5.64. The van der Waals surface area contributed by atoms with Crippen LogP contribution in [-0.4, -0.2) is 10.2 Å². The first-order valence-corrected chi connectivity index (χ1v) is 2.62. The lowest BCUT2D eigenvalue weighted by atomic mass is 10.4. The molecule has 0 saturated heterocycles. The van der Waals surface area contributed by atoms with Gasteiger partial charge in [0.1, 0.15) is 0 Å². The summed E-state index contributed by atoms with van der Waals surface area (Å²) < 4.78 is 0. The van der Waals surface area contributed by atoms with E-state index in [2.05, 4.69) is 17.1 Å². The maximum atomic E-state index is 5.64. The summed E-state index contributed by atoms with van der Waals surface area (Å²) in [5, 5.41) is 7.07. The Hall–Kier alpha value is -0.500. The highest BCUT2D eigenvalue weighted by atomic mass is 35.5. The predicted molar refractivity (Wildman–Crippen MR) is 32.8 cm³/mol. The van der Waals surface area contributed by atoms with Gasteiger partial charge in [-0.2, -0.15) is 5.10 Å². The van der Waals surface area contributed by atoms with Crippen LogP contribution in [0, 0.1) is 13.8 Å². The molecule has 1 heterocycles. The van der Waals surface area contributed by atoms with E-state index in [1.54, 1.807) is 0 Å². The molecule has 43 valence electrons. The van der Waals surface area contributed by atoms with E-state index in [4.69, 9.17) is 11.6 Å². The minimum atomic E-state index is 0.630. The normalized spacial score (nSPS) is 9.88. The highest BCUT2D eigenvalue weighted by Gasteiger charge is 1.99. The molecule has 0 aromatic carbocycles. The molecule has 1 rings (SSSR count). The molecule has 1 aromatic heterocycles. The highest BCUT2D eigenvalue weighted by molar-refractivity contribution is 6.31. The van der Waals surface area contributed by atoms with Crippen molar-refractivity contribution in [3.8, 4) is 0 Å². The fraction of sp³-hybridized carbons (Fsp3) is 0.200. The second-order valence-corrected chi connectivity index (χ2v) is 1.98. The summed E-state index contributed by atoms with van der Waals surface area (Å²) in [6.45, 7) is 5.42. The lowest BCUT2D eigenvalue weighted by molar-refractivity contribution is 1.03. The van der Waals surface area contributed by atoms with E-state index >= 15 is 0 Å². The minimum Gasteiger partial charge on any atom is -0.281 e. The van der Waals surface area contributed by atoms with Crippen molar-refractivity contribution in [3.05, 3.63) is 23.3 Å².